The first-order valence-corrected chi connectivity index (χ1v) is 9.93. The van der Waals surface area contributed by atoms with Crippen LogP contribution >= 0.6 is 0 Å². The molecule has 0 bridgehead atoms. The normalized spacial score (nSPS) is 14.5. The molecule has 0 spiro atoms. The molecule has 2 aromatic carbocycles. The number of imide groups is 1. The highest BCUT2D eigenvalue weighted by Gasteiger charge is 2.33. The maximum atomic E-state index is 12.5. The zero-order valence-electron chi connectivity index (χ0n) is 17.7. The molecule has 3 rings (SSSR count). The molecule has 162 valence electrons. The van der Waals surface area contributed by atoms with Crippen LogP contribution in [0.3, 0.4) is 0 Å². The van der Waals surface area contributed by atoms with Gasteiger partial charge >= 0.3 is 6.03 Å². The van der Waals surface area contributed by atoms with Crippen molar-refractivity contribution in [2.24, 2.45) is 0 Å². The van der Waals surface area contributed by atoms with E-state index in [-0.39, 0.29) is 18.2 Å². The minimum absolute atomic E-state index is 0.139. The van der Waals surface area contributed by atoms with Gasteiger partial charge in [0.2, 0.25) is 0 Å². The average Bonchev–Trinajstić information content (AvgIpc) is 3.02. The number of nitrogens with one attached hydrogen (secondary N) is 2. The lowest BCUT2D eigenvalue weighted by Crippen LogP contribution is -2.31. The van der Waals surface area contributed by atoms with Crippen LogP contribution in [0.4, 0.5) is 10.5 Å². The summed E-state index contributed by atoms with van der Waals surface area (Å²) in [4.78, 5) is 38.0. The van der Waals surface area contributed by atoms with Crippen molar-refractivity contribution in [2.75, 3.05) is 25.6 Å². The molecule has 0 saturated carbocycles. The van der Waals surface area contributed by atoms with Crippen LogP contribution in [-0.4, -0.2) is 43.0 Å². The molecule has 8 heteroatoms. The number of anilines is 1. The summed E-state index contributed by atoms with van der Waals surface area (Å²) >= 11 is 0. The molecule has 31 heavy (non-hydrogen) atoms. The number of rotatable bonds is 8. The monoisotopic (exact) mass is 423 g/mol. The number of methoxy groups -OCH3 is 1. The lowest BCUT2D eigenvalue weighted by Gasteiger charge is -2.14. The Bertz CT molecular complexity index is 1010. The summed E-state index contributed by atoms with van der Waals surface area (Å²) in [7, 11) is 1.48. The molecule has 2 aromatic rings. The van der Waals surface area contributed by atoms with Crippen molar-refractivity contribution in [1.29, 1.82) is 0 Å². The second-order valence-electron chi connectivity index (χ2n) is 7.03. The maximum Gasteiger partial charge on any atom is 0.329 e. The first-order chi connectivity index (χ1) is 14.9. The molecule has 1 aliphatic heterocycles. The average molecular weight is 423 g/mol. The Morgan fingerprint density at radius 1 is 1.16 bits per heavy atom. The van der Waals surface area contributed by atoms with Gasteiger partial charge in [-0.15, -0.1) is 0 Å². The van der Waals surface area contributed by atoms with E-state index in [1.165, 1.54) is 13.2 Å². The zero-order valence-corrected chi connectivity index (χ0v) is 17.7. The minimum atomic E-state index is -0.457. The Morgan fingerprint density at radius 3 is 2.58 bits per heavy atom. The summed E-state index contributed by atoms with van der Waals surface area (Å²) in [5, 5.41) is 5.34. The molecule has 0 unspecified atom stereocenters. The molecule has 1 saturated heterocycles. The van der Waals surface area contributed by atoms with Gasteiger partial charge in [0, 0.05) is 17.8 Å². The largest absolute Gasteiger partial charge is 0.493 e. The fraction of sp³-hybridized carbons (Fsp3) is 0.261. The van der Waals surface area contributed by atoms with Crippen LogP contribution < -0.4 is 20.1 Å². The van der Waals surface area contributed by atoms with Gasteiger partial charge in [0.25, 0.3) is 11.8 Å². The molecule has 4 amide bonds. The summed E-state index contributed by atoms with van der Waals surface area (Å²) in [6.07, 6.45) is 2.18. The van der Waals surface area contributed by atoms with Gasteiger partial charge in [-0.05, 0) is 37.6 Å². The Morgan fingerprint density at radius 2 is 1.90 bits per heavy atom. The van der Waals surface area contributed by atoms with Crippen molar-refractivity contribution >= 4 is 29.6 Å². The molecule has 0 aliphatic carbocycles. The van der Waals surface area contributed by atoms with E-state index in [0.717, 1.165) is 10.5 Å². The van der Waals surface area contributed by atoms with Crippen LogP contribution in [0.5, 0.6) is 11.5 Å². The predicted molar refractivity (Wildman–Crippen MR) is 117 cm³/mol. The van der Waals surface area contributed by atoms with E-state index in [1.54, 1.807) is 18.2 Å². The van der Waals surface area contributed by atoms with Crippen LogP contribution in [-0.2, 0) is 9.59 Å². The predicted octanol–water partition coefficient (Wildman–Crippen LogP) is 3.32. The van der Waals surface area contributed by atoms with Crippen molar-refractivity contribution in [1.82, 2.24) is 10.2 Å². The van der Waals surface area contributed by atoms with Crippen molar-refractivity contribution in [2.45, 2.75) is 20.3 Å². The standard InChI is InChI=1S/C23H25N3O5/c1-4-12-26-22(28)18(25-23(26)29)13-16-6-5-7-19(30-3)21(16)31-14-20(27)24-17-10-8-15(2)9-11-17/h5-11,13H,4,12,14H2,1-3H3,(H,24,27)(H,25,29)/b18-13+. The van der Waals surface area contributed by atoms with Crippen molar-refractivity contribution in [3.05, 3.63) is 59.3 Å². The third kappa shape index (κ3) is 5.22. The zero-order chi connectivity index (χ0) is 22.4. The second-order valence-corrected chi connectivity index (χ2v) is 7.03. The molecular weight excluding hydrogens is 398 g/mol. The number of amides is 4. The van der Waals surface area contributed by atoms with Gasteiger partial charge in [0.15, 0.2) is 18.1 Å². The number of nitrogens with zero attached hydrogens (tertiary/aromatic N) is 1. The molecule has 1 fully saturated rings. The van der Waals surface area contributed by atoms with Gasteiger partial charge in [0.05, 0.1) is 7.11 Å². The van der Waals surface area contributed by atoms with Crippen molar-refractivity contribution in [3.63, 3.8) is 0 Å². The summed E-state index contributed by atoms with van der Waals surface area (Å²) < 4.78 is 11.1. The van der Waals surface area contributed by atoms with Gasteiger partial charge in [-0.1, -0.05) is 36.8 Å². The van der Waals surface area contributed by atoms with Gasteiger partial charge < -0.3 is 20.1 Å². The smallest absolute Gasteiger partial charge is 0.329 e. The van der Waals surface area contributed by atoms with E-state index in [9.17, 15) is 14.4 Å². The van der Waals surface area contributed by atoms with Gasteiger partial charge in [-0.2, -0.15) is 0 Å². The summed E-state index contributed by atoms with van der Waals surface area (Å²) in [6.45, 7) is 3.93. The van der Waals surface area contributed by atoms with E-state index in [4.69, 9.17) is 9.47 Å². The Kier molecular flexibility index (Phi) is 6.92. The fourth-order valence-corrected chi connectivity index (χ4v) is 3.09. The lowest BCUT2D eigenvalue weighted by molar-refractivity contribution is -0.123. The topological polar surface area (TPSA) is 97.0 Å². The first kappa shape index (κ1) is 21.9. The Hall–Kier alpha value is -3.81. The van der Waals surface area contributed by atoms with E-state index >= 15 is 0 Å². The maximum absolute atomic E-state index is 12.5. The number of carbonyl (C=O) groups is 3. The van der Waals surface area contributed by atoms with E-state index < -0.39 is 11.9 Å². The number of aryl methyl sites for hydroxylation is 1. The number of para-hydroxylation sites is 1. The van der Waals surface area contributed by atoms with E-state index in [1.807, 2.05) is 38.1 Å². The van der Waals surface area contributed by atoms with Gasteiger partial charge in [-0.25, -0.2) is 4.79 Å². The van der Waals surface area contributed by atoms with Crippen LogP contribution in [0.1, 0.15) is 24.5 Å². The SMILES string of the molecule is CCCN1C(=O)N/C(=C/c2cccc(OC)c2OCC(=O)Nc2ccc(C)cc2)C1=O. The van der Waals surface area contributed by atoms with E-state index in [2.05, 4.69) is 10.6 Å². The van der Waals surface area contributed by atoms with Crippen LogP contribution in [0.15, 0.2) is 48.2 Å². The van der Waals surface area contributed by atoms with Crippen molar-refractivity contribution < 1.29 is 23.9 Å². The Balaban J connectivity index is 1.78. The highest BCUT2D eigenvalue weighted by Crippen LogP contribution is 2.33. The number of hydrogen-bond donors (Lipinski definition) is 2. The molecule has 0 aromatic heterocycles. The third-order valence-electron chi connectivity index (χ3n) is 4.62. The third-order valence-corrected chi connectivity index (χ3v) is 4.62. The molecule has 2 N–H and O–H groups in total. The first-order valence-electron chi connectivity index (χ1n) is 9.93. The Labute approximate surface area is 180 Å². The molecule has 0 atom stereocenters. The van der Waals surface area contributed by atoms with Crippen LogP contribution in [0.2, 0.25) is 0 Å². The quantitative estimate of drug-likeness (QED) is 0.502. The molecule has 8 nitrogen and oxygen atoms in total. The highest BCUT2D eigenvalue weighted by molar-refractivity contribution is 6.14. The molecule has 0 radical (unpaired) electrons. The van der Waals surface area contributed by atoms with E-state index in [0.29, 0.717) is 35.7 Å². The summed E-state index contributed by atoms with van der Waals surface area (Å²) in [6, 6.07) is 12.1. The molecule has 1 heterocycles. The molecular formula is C23H25N3O5. The fourth-order valence-electron chi connectivity index (χ4n) is 3.09. The number of carbonyl (C=O) groups excluding carboxylic acids is 3. The number of urea groups is 1. The van der Waals surface area contributed by atoms with Gasteiger partial charge in [-0.3, -0.25) is 14.5 Å². The number of hydrogen-bond acceptors (Lipinski definition) is 5. The second kappa shape index (κ2) is 9.80. The summed E-state index contributed by atoms with van der Waals surface area (Å²) in [5.41, 5.74) is 2.40. The molecule has 1 aliphatic rings. The van der Waals surface area contributed by atoms with Crippen molar-refractivity contribution in [3.8, 4) is 11.5 Å². The van der Waals surface area contributed by atoms with Gasteiger partial charge in [0.1, 0.15) is 5.70 Å². The number of benzene rings is 2. The highest BCUT2D eigenvalue weighted by atomic mass is 16.5. The van der Waals surface area contributed by atoms with Crippen LogP contribution in [0, 0.1) is 6.92 Å². The summed E-state index contributed by atoms with van der Waals surface area (Å²) in [5.74, 6) is -0.0438. The minimum Gasteiger partial charge on any atom is -0.493 e. The lowest BCUT2D eigenvalue weighted by atomic mass is 10.1. The van der Waals surface area contributed by atoms with Crippen LogP contribution in [0.25, 0.3) is 6.08 Å². The number of ether oxygens (including phenoxy) is 2.